The molecule has 21 heavy (non-hydrogen) atoms. The first-order valence-corrected chi connectivity index (χ1v) is 7.31. The summed E-state index contributed by atoms with van der Waals surface area (Å²) in [6.45, 7) is 1.76. The maximum absolute atomic E-state index is 12.2. The standard InChI is InChI=1S/C17H16ClNO2/c18-16-9-5-4-8-14(16)12-21-15-10-19(11-15)17(20)13-6-2-1-3-7-13/h1-9,15H,10-12H2. The summed E-state index contributed by atoms with van der Waals surface area (Å²) in [6.07, 6.45) is 0.0916. The predicted molar refractivity (Wildman–Crippen MR) is 82.4 cm³/mol. The second kappa shape index (κ2) is 6.29. The van der Waals surface area contributed by atoms with Crippen LogP contribution in [0.5, 0.6) is 0 Å². The SMILES string of the molecule is O=C(c1ccccc1)N1CC(OCc2ccccc2Cl)C1. The molecule has 0 spiro atoms. The average Bonchev–Trinajstić information content (AvgIpc) is 2.48. The smallest absolute Gasteiger partial charge is 0.254 e. The maximum Gasteiger partial charge on any atom is 0.254 e. The second-order valence-corrected chi connectivity index (χ2v) is 5.51. The lowest BCUT2D eigenvalue weighted by Gasteiger charge is -2.39. The summed E-state index contributed by atoms with van der Waals surface area (Å²) in [4.78, 5) is 13.9. The Bertz CT molecular complexity index is 624. The zero-order valence-electron chi connectivity index (χ0n) is 11.5. The van der Waals surface area contributed by atoms with Crippen molar-refractivity contribution in [3.63, 3.8) is 0 Å². The monoisotopic (exact) mass is 301 g/mol. The van der Waals surface area contributed by atoms with Crippen molar-refractivity contribution in [2.75, 3.05) is 13.1 Å². The molecule has 1 saturated heterocycles. The number of hydrogen-bond acceptors (Lipinski definition) is 2. The minimum Gasteiger partial charge on any atom is -0.370 e. The van der Waals surface area contributed by atoms with Crippen molar-refractivity contribution in [1.29, 1.82) is 0 Å². The van der Waals surface area contributed by atoms with Crippen LogP contribution >= 0.6 is 11.6 Å². The maximum atomic E-state index is 12.2. The molecular formula is C17H16ClNO2. The molecule has 3 rings (SSSR count). The van der Waals surface area contributed by atoms with Gasteiger partial charge in [0.15, 0.2) is 0 Å². The number of likely N-dealkylation sites (tertiary alicyclic amines) is 1. The summed E-state index contributed by atoms with van der Waals surface area (Å²) in [7, 11) is 0. The van der Waals surface area contributed by atoms with Crippen LogP contribution in [0.15, 0.2) is 54.6 Å². The van der Waals surface area contributed by atoms with E-state index >= 15 is 0 Å². The van der Waals surface area contributed by atoms with E-state index in [9.17, 15) is 4.79 Å². The van der Waals surface area contributed by atoms with Crippen molar-refractivity contribution >= 4 is 17.5 Å². The minimum atomic E-state index is 0.0631. The Kier molecular flexibility index (Phi) is 4.23. The second-order valence-electron chi connectivity index (χ2n) is 5.10. The number of benzene rings is 2. The molecule has 1 aliphatic heterocycles. The van der Waals surface area contributed by atoms with Crippen LogP contribution in [-0.2, 0) is 11.3 Å². The average molecular weight is 302 g/mol. The predicted octanol–water partition coefficient (Wildman–Crippen LogP) is 3.38. The van der Waals surface area contributed by atoms with Crippen LogP contribution in [0.3, 0.4) is 0 Å². The molecule has 0 aliphatic carbocycles. The third-order valence-electron chi connectivity index (χ3n) is 3.59. The first-order valence-electron chi connectivity index (χ1n) is 6.93. The highest BCUT2D eigenvalue weighted by atomic mass is 35.5. The number of nitrogens with zero attached hydrogens (tertiary/aromatic N) is 1. The summed E-state index contributed by atoms with van der Waals surface area (Å²) in [5.41, 5.74) is 1.70. The molecule has 108 valence electrons. The summed E-state index contributed by atoms with van der Waals surface area (Å²) in [6, 6.07) is 17.0. The lowest BCUT2D eigenvalue weighted by Crippen LogP contribution is -2.54. The van der Waals surface area contributed by atoms with Gasteiger partial charge in [0.05, 0.1) is 12.7 Å². The van der Waals surface area contributed by atoms with Crippen LogP contribution in [-0.4, -0.2) is 30.0 Å². The van der Waals surface area contributed by atoms with Gasteiger partial charge in [0.25, 0.3) is 5.91 Å². The topological polar surface area (TPSA) is 29.5 Å². The van der Waals surface area contributed by atoms with Gasteiger partial charge < -0.3 is 9.64 Å². The summed E-state index contributed by atoms with van der Waals surface area (Å²) in [5.74, 6) is 0.0631. The van der Waals surface area contributed by atoms with Crippen molar-refractivity contribution in [1.82, 2.24) is 4.90 Å². The molecule has 0 N–H and O–H groups in total. The van der Waals surface area contributed by atoms with Crippen molar-refractivity contribution in [3.05, 3.63) is 70.7 Å². The van der Waals surface area contributed by atoms with E-state index in [1.807, 2.05) is 54.6 Å². The Balaban J connectivity index is 1.48. The molecule has 4 heteroatoms. The van der Waals surface area contributed by atoms with Crippen molar-refractivity contribution in [2.24, 2.45) is 0 Å². The Morgan fingerprint density at radius 2 is 1.76 bits per heavy atom. The highest BCUT2D eigenvalue weighted by Gasteiger charge is 2.31. The molecule has 1 aliphatic rings. The van der Waals surface area contributed by atoms with Gasteiger partial charge in [-0.1, -0.05) is 48.0 Å². The number of ether oxygens (including phenoxy) is 1. The van der Waals surface area contributed by atoms with Gasteiger partial charge in [0.1, 0.15) is 0 Å². The summed E-state index contributed by atoms with van der Waals surface area (Å²) >= 11 is 6.08. The van der Waals surface area contributed by atoms with Crippen molar-refractivity contribution < 1.29 is 9.53 Å². The van der Waals surface area contributed by atoms with Crippen molar-refractivity contribution in [2.45, 2.75) is 12.7 Å². The number of amides is 1. The molecule has 1 heterocycles. The zero-order chi connectivity index (χ0) is 14.7. The third kappa shape index (κ3) is 3.26. The van der Waals surface area contributed by atoms with E-state index in [1.165, 1.54) is 0 Å². The molecule has 2 aromatic carbocycles. The van der Waals surface area contributed by atoms with Gasteiger partial charge in [-0.25, -0.2) is 0 Å². The fourth-order valence-electron chi connectivity index (χ4n) is 2.30. The Morgan fingerprint density at radius 1 is 1.10 bits per heavy atom. The first-order chi connectivity index (χ1) is 10.2. The van der Waals surface area contributed by atoms with Crippen molar-refractivity contribution in [3.8, 4) is 0 Å². The van der Waals surface area contributed by atoms with E-state index in [0.717, 1.165) is 11.1 Å². The van der Waals surface area contributed by atoms with Gasteiger partial charge in [-0.15, -0.1) is 0 Å². The normalized spacial score (nSPS) is 14.8. The molecule has 0 aromatic heterocycles. The lowest BCUT2D eigenvalue weighted by atomic mass is 10.1. The lowest BCUT2D eigenvalue weighted by molar-refractivity contribution is -0.0502. The largest absolute Gasteiger partial charge is 0.370 e. The molecule has 0 saturated carbocycles. The fraction of sp³-hybridized carbons (Fsp3) is 0.235. The zero-order valence-corrected chi connectivity index (χ0v) is 12.3. The van der Waals surface area contributed by atoms with Crippen LogP contribution in [0.1, 0.15) is 15.9 Å². The molecule has 0 radical (unpaired) electrons. The van der Waals surface area contributed by atoms with E-state index in [0.29, 0.717) is 24.7 Å². The first kappa shape index (κ1) is 14.1. The Labute approximate surface area is 129 Å². The van der Waals surface area contributed by atoms with Crippen LogP contribution < -0.4 is 0 Å². The van der Waals surface area contributed by atoms with Crippen LogP contribution in [0.4, 0.5) is 0 Å². The molecule has 1 amide bonds. The Hall–Kier alpha value is -1.84. The highest BCUT2D eigenvalue weighted by molar-refractivity contribution is 6.31. The van der Waals surface area contributed by atoms with E-state index in [2.05, 4.69) is 0 Å². The number of hydrogen-bond donors (Lipinski definition) is 0. The molecular weight excluding hydrogens is 286 g/mol. The molecule has 0 unspecified atom stereocenters. The van der Waals surface area contributed by atoms with Gasteiger partial charge in [0, 0.05) is 23.7 Å². The number of carbonyl (C=O) groups excluding carboxylic acids is 1. The molecule has 0 bridgehead atoms. The fourth-order valence-corrected chi connectivity index (χ4v) is 2.49. The van der Waals surface area contributed by atoms with E-state index in [-0.39, 0.29) is 12.0 Å². The van der Waals surface area contributed by atoms with Crippen LogP contribution in [0.25, 0.3) is 0 Å². The van der Waals surface area contributed by atoms with Gasteiger partial charge in [0.2, 0.25) is 0 Å². The molecule has 1 fully saturated rings. The summed E-state index contributed by atoms with van der Waals surface area (Å²) < 4.78 is 5.78. The van der Waals surface area contributed by atoms with Gasteiger partial charge in [-0.05, 0) is 23.8 Å². The van der Waals surface area contributed by atoms with E-state index in [1.54, 1.807) is 4.90 Å². The highest BCUT2D eigenvalue weighted by Crippen LogP contribution is 2.20. The van der Waals surface area contributed by atoms with Crippen LogP contribution in [0, 0.1) is 0 Å². The molecule has 0 atom stereocenters. The number of rotatable bonds is 4. The molecule has 2 aromatic rings. The van der Waals surface area contributed by atoms with E-state index in [4.69, 9.17) is 16.3 Å². The summed E-state index contributed by atoms with van der Waals surface area (Å²) in [5, 5.41) is 0.717. The van der Waals surface area contributed by atoms with Crippen LogP contribution in [0.2, 0.25) is 5.02 Å². The van der Waals surface area contributed by atoms with Gasteiger partial charge >= 0.3 is 0 Å². The van der Waals surface area contributed by atoms with E-state index < -0.39 is 0 Å². The number of carbonyl (C=O) groups is 1. The van der Waals surface area contributed by atoms with Gasteiger partial charge in [-0.2, -0.15) is 0 Å². The minimum absolute atomic E-state index is 0.0631. The molecule has 3 nitrogen and oxygen atoms in total. The third-order valence-corrected chi connectivity index (χ3v) is 3.96. The van der Waals surface area contributed by atoms with Gasteiger partial charge in [-0.3, -0.25) is 4.79 Å². The number of halogens is 1. The Morgan fingerprint density at radius 3 is 2.48 bits per heavy atom. The quantitative estimate of drug-likeness (QED) is 0.866.